The molecule has 1 heterocycles. The van der Waals surface area contributed by atoms with E-state index in [1.165, 1.54) is 19.2 Å². The number of methoxy groups -OCH3 is 2. The van der Waals surface area contributed by atoms with Gasteiger partial charge in [0, 0.05) is 24.7 Å². The number of hydrogen-bond acceptors (Lipinski definition) is 10. The Morgan fingerprint density at radius 2 is 1.43 bits per heavy atom. The molecule has 1 fully saturated rings. The van der Waals surface area contributed by atoms with Crippen LogP contribution in [0.4, 0.5) is 0 Å². The molecule has 0 aromatic heterocycles. The molecular weight excluding hydrogens is 645 g/mol. The standard InChI is InChI=1S/C34H34NO10PS/c1-41-33(37)31(34(42-2)25-47(39,40)26-34)35-32(36)30-20-18-27(19-21-30)13-7-3-4-12-22-43-46(38,44-23-28-14-8-5-9-15-28)45-24-29-16-10-6-11-17-29/h5-6,8-11,14-21,31H,12,22-26H2,1-2H3,(H,35,36). The minimum atomic E-state index is -3.89. The van der Waals surface area contributed by atoms with Crippen LogP contribution in [0.1, 0.15) is 33.5 Å². The summed E-state index contributed by atoms with van der Waals surface area (Å²) in [6.45, 7) is 0.0888. The minimum Gasteiger partial charge on any atom is -0.467 e. The molecule has 0 saturated carbocycles. The van der Waals surface area contributed by atoms with Crippen molar-refractivity contribution in [1.29, 1.82) is 0 Å². The van der Waals surface area contributed by atoms with Crippen LogP contribution in [0.5, 0.6) is 0 Å². The summed E-state index contributed by atoms with van der Waals surface area (Å²) in [5.74, 6) is 8.86. The molecule has 3 aromatic carbocycles. The van der Waals surface area contributed by atoms with E-state index in [4.69, 9.17) is 23.0 Å². The first-order chi connectivity index (χ1) is 22.6. The summed E-state index contributed by atoms with van der Waals surface area (Å²) in [7, 11) is -4.86. The van der Waals surface area contributed by atoms with Gasteiger partial charge in [-0.25, -0.2) is 17.8 Å². The Kier molecular flexibility index (Phi) is 12.5. The predicted molar refractivity (Wildman–Crippen MR) is 173 cm³/mol. The lowest BCUT2D eigenvalue weighted by Gasteiger charge is -2.43. The number of esters is 1. The van der Waals surface area contributed by atoms with Crippen LogP contribution in [-0.4, -0.2) is 64.3 Å². The van der Waals surface area contributed by atoms with Gasteiger partial charge in [-0.3, -0.25) is 18.4 Å². The number of phosphoric acid groups is 1. The Morgan fingerprint density at radius 1 is 0.851 bits per heavy atom. The zero-order valence-electron chi connectivity index (χ0n) is 25.8. The zero-order chi connectivity index (χ0) is 33.8. The Labute approximate surface area is 274 Å². The molecule has 1 unspecified atom stereocenters. The molecule has 1 aliphatic rings. The quantitative estimate of drug-likeness (QED) is 0.115. The number of rotatable bonds is 14. The number of nitrogens with one attached hydrogen (secondary N) is 1. The number of sulfone groups is 1. The molecule has 47 heavy (non-hydrogen) atoms. The summed E-state index contributed by atoms with van der Waals surface area (Å²) in [4.78, 5) is 25.3. The fourth-order valence-corrected chi connectivity index (χ4v) is 7.66. The van der Waals surface area contributed by atoms with Gasteiger partial charge in [0.15, 0.2) is 15.9 Å². The molecule has 0 aliphatic carbocycles. The molecule has 0 bridgehead atoms. The molecule has 1 N–H and O–H groups in total. The third-order valence-corrected chi connectivity index (χ3v) is 10.3. The number of benzene rings is 3. The lowest BCUT2D eigenvalue weighted by atomic mass is 9.96. The predicted octanol–water partition coefficient (Wildman–Crippen LogP) is 4.07. The molecule has 0 radical (unpaired) electrons. The Morgan fingerprint density at radius 3 is 1.94 bits per heavy atom. The van der Waals surface area contributed by atoms with Gasteiger partial charge in [-0.1, -0.05) is 72.5 Å². The van der Waals surface area contributed by atoms with Crippen LogP contribution in [0, 0.1) is 23.7 Å². The minimum absolute atomic E-state index is 0.0117. The van der Waals surface area contributed by atoms with Crippen molar-refractivity contribution in [2.75, 3.05) is 32.3 Å². The number of carbonyl (C=O) groups excluding carboxylic acids is 2. The molecule has 1 atom stereocenters. The van der Waals surface area contributed by atoms with Crippen LogP contribution < -0.4 is 5.32 Å². The van der Waals surface area contributed by atoms with E-state index in [1.54, 1.807) is 12.1 Å². The largest absolute Gasteiger partial charge is 0.475 e. The highest BCUT2D eigenvalue weighted by Gasteiger charge is 2.58. The van der Waals surface area contributed by atoms with Gasteiger partial charge in [-0.05, 0) is 47.2 Å². The molecule has 3 aromatic rings. The van der Waals surface area contributed by atoms with E-state index in [0.717, 1.165) is 18.2 Å². The average Bonchev–Trinajstić information content (AvgIpc) is 3.08. The molecule has 246 valence electrons. The van der Waals surface area contributed by atoms with Gasteiger partial charge in [-0.2, -0.15) is 0 Å². The van der Waals surface area contributed by atoms with E-state index in [2.05, 4.69) is 29.0 Å². The summed E-state index contributed by atoms with van der Waals surface area (Å²) in [6, 6.07) is 23.4. The molecule has 0 spiro atoms. The van der Waals surface area contributed by atoms with Crippen LogP contribution in [0.15, 0.2) is 84.9 Å². The van der Waals surface area contributed by atoms with Crippen molar-refractivity contribution in [3.05, 3.63) is 107 Å². The van der Waals surface area contributed by atoms with Crippen LogP contribution in [0.25, 0.3) is 0 Å². The third-order valence-electron chi connectivity index (χ3n) is 7.02. The van der Waals surface area contributed by atoms with Crippen LogP contribution >= 0.6 is 7.82 Å². The first-order valence-corrected chi connectivity index (χ1v) is 17.7. The van der Waals surface area contributed by atoms with E-state index in [9.17, 15) is 22.6 Å². The van der Waals surface area contributed by atoms with Crippen LogP contribution in [-0.2, 0) is 55.5 Å². The van der Waals surface area contributed by atoms with E-state index in [1.807, 2.05) is 60.7 Å². The summed E-state index contributed by atoms with van der Waals surface area (Å²) in [5, 5.41) is 2.54. The Hall–Kier alpha value is -4.26. The number of hydrogen-bond donors (Lipinski definition) is 1. The van der Waals surface area contributed by atoms with Crippen molar-refractivity contribution in [1.82, 2.24) is 5.32 Å². The third kappa shape index (κ3) is 10.4. The van der Waals surface area contributed by atoms with E-state index >= 15 is 0 Å². The van der Waals surface area contributed by atoms with Gasteiger partial charge in [-0.15, -0.1) is 0 Å². The van der Waals surface area contributed by atoms with Crippen molar-refractivity contribution in [2.24, 2.45) is 0 Å². The molecule has 1 amide bonds. The molecular formula is C34H34NO10PS. The fraction of sp³-hybridized carbons (Fsp3) is 0.294. The summed E-state index contributed by atoms with van der Waals surface area (Å²) >= 11 is 0. The highest BCUT2D eigenvalue weighted by molar-refractivity contribution is 7.93. The first-order valence-electron chi connectivity index (χ1n) is 14.4. The second-order valence-electron chi connectivity index (χ2n) is 10.4. The Bertz CT molecular complexity index is 1750. The van der Waals surface area contributed by atoms with Gasteiger partial charge >= 0.3 is 13.8 Å². The van der Waals surface area contributed by atoms with E-state index in [0.29, 0.717) is 5.56 Å². The fourth-order valence-electron chi connectivity index (χ4n) is 4.53. The average molecular weight is 680 g/mol. The van der Waals surface area contributed by atoms with Gasteiger partial charge < -0.3 is 14.8 Å². The monoisotopic (exact) mass is 679 g/mol. The van der Waals surface area contributed by atoms with Crippen molar-refractivity contribution >= 4 is 29.5 Å². The summed E-state index contributed by atoms with van der Waals surface area (Å²) in [5.41, 5.74) is 1.02. The summed E-state index contributed by atoms with van der Waals surface area (Å²) in [6.07, 6.45) is 0.215. The van der Waals surface area contributed by atoms with Crippen molar-refractivity contribution in [3.8, 4) is 23.7 Å². The van der Waals surface area contributed by atoms with Crippen molar-refractivity contribution in [3.63, 3.8) is 0 Å². The molecule has 13 heteroatoms. The Balaban J connectivity index is 1.30. The lowest BCUT2D eigenvalue weighted by Crippen LogP contribution is -2.70. The normalized spacial score (nSPS) is 15.0. The molecule has 1 aliphatic heterocycles. The van der Waals surface area contributed by atoms with Gasteiger partial charge in [0.25, 0.3) is 5.91 Å². The van der Waals surface area contributed by atoms with E-state index < -0.39 is 52.7 Å². The highest BCUT2D eigenvalue weighted by Crippen LogP contribution is 2.51. The van der Waals surface area contributed by atoms with Crippen LogP contribution in [0.2, 0.25) is 0 Å². The number of amides is 1. The molecule has 1 saturated heterocycles. The zero-order valence-corrected chi connectivity index (χ0v) is 27.6. The number of phosphoric ester groups is 1. The van der Waals surface area contributed by atoms with Gasteiger partial charge in [0.05, 0.1) is 38.4 Å². The second-order valence-corrected chi connectivity index (χ2v) is 14.1. The van der Waals surface area contributed by atoms with Crippen molar-refractivity contribution < 1.29 is 45.6 Å². The SMILES string of the molecule is COC(=O)C(NC(=O)c1ccc(C#CC#CCCOP(=O)(OCc2ccccc2)OCc2ccccc2)cc1)C1(OC)CS(=O)(=O)C1. The molecule has 11 nitrogen and oxygen atoms in total. The topological polar surface area (TPSA) is 144 Å². The number of ether oxygens (including phenoxy) is 2. The lowest BCUT2D eigenvalue weighted by molar-refractivity contribution is -0.150. The van der Waals surface area contributed by atoms with Crippen LogP contribution in [0.3, 0.4) is 0 Å². The van der Waals surface area contributed by atoms with Gasteiger partial charge in [0.2, 0.25) is 0 Å². The van der Waals surface area contributed by atoms with E-state index in [-0.39, 0.29) is 31.8 Å². The first kappa shape index (κ1) is 35.6. The van der Waals surface area contributed by atoms with Crippen molar-refractivity contribution in [2.45, 2.75) is 31.3 Å². The summed E-state index contributed by atoms with van der Waals surface area (Å²) < 4.78 is 63.7. The molecule has 4 rings (SSSR count). The van der Waals surface area contributed by atoms with Gasteiger partial charge in [0.1, 0.15) is 5.60 Å². The maximum Gasteiger partial charge on any atom is 0.475 e. The maximum atomic E-state index is 13.3. The highest BCUT2D eigenvalue weighted by atomic mass is 32.2. The second kappa shape index (κ2) is 16.5. The number of carbonyl (C=O) groups is 2. The maximum absolute atomic E-state index is 13.3. The smallest absolute Gasteiger partial charge is 0.467 e.